The van der Waals surface area contributed by atoms with E-state index in [0.717, 1.165) is 17.1 Å². The van der Waals surface area contributed by atoms with Crippen molar-refractivity contribution in [2.24, 2.45) is 0 Å². The topological polar surface area (TPSA) is 15.3 Å². The molecule has 3 unspecified atom stereocenters. The first-order valence-corrected chi connectivity index (χ1v) is 8.85. The molecule has 4 rings (SSSR count). The largest absolute Gasteiger partial charge is 0.307 e. The number of rotatable bonds is 2. The summed E-state index contributed by atoms with van der Waals surface area (Å²) in [5.74, 6) is 0. The summed E-state index contributed by atoms with van der Waals surface area (Å²) in [5.41, 5.74) is 2.94. The maximum absolute atomic E-state index is 6.12. The highest BCUT2D eigenvalue weighted by molar-refractivity contribution is 6.30. The molecular formula is C18H25ClN2. The zero-order valence-electron chi connectivity index (χ0n) is 12.8. The lowest BCUT2D eigenvalue weighted by atomic mass is 9.82. The van der Waals surface area contributed by atoms with Gasteiger partial charge in [0, 0.05) is 29.2 Å². The SMILES string of the molecule is CN1C2CCCC1CC(NC1CCc3cc(Cl)ccc31)C2. The van der Waals surface area contributed by atoms with Crippen LogP contribution in [0.5, 0.6) is 0 Å². The van der Waals surface area contributed by atoms with Gasteiger partial charge in [-0.3, -0.25) is 0 Å². The van der Waals surface area contributed by atoms with Crippen molar-refractivity contribution in [3.8, 4) is 0 Å². The summed E-state index contributed by atoms with van der Waals surface area (Å²) < 4.78 is 0. The fraction of sp³-hybridized carbons (Fsp3) is 0.667. The molecule has 2 saturated heterocycles. The molecule has 2 aliphatic heterocycles. The molecule has 1 aromatic carbocycles. The Hall–Kier alpha value is -0.570. The number of nitrogens with one attached hydrogen (secondary N) is 1. The zero-order valence-corrected chi connectivity index (χ0v) is 13.6. The van der Waals surface area contributed by atoms with Gasteiger partial charge >= 0.3 is 0 Å². The third-order valence-corrected chi connectivity index (χ3v) is 6.19. The lowest BCUT2D eigenvalue weighted by molar-refractivity contribution is 0.0458. The van der Waals surface area contributed by atoms with E-state index in [1.807, 2.05) is 6.07 Å². The van der Waals surface area contributed by atoms with E-state index in [0.29, 0.717) is 12.1 Å². The Balaban J connectivity index is 1.46. The van der Waals surface area contributed by atoms with Gasteiger partial charge in [-0.1, -0.05) is 24.1 Å². The van der Waals surface area contributed by atoms with Crippen LogP contribution >= 0.6 is 11.6 Å². The van der Waals surface area contributed by atoms with Gasteiger partial charge in [-0.25, -0.2) is 0 Å². The summed E-state index contributed by atoms with van der Waals surface area (Å²) in [5, 5.41) is 4.85. The minimum atomic E-state index is 0.548. The van der Waals surface area contributed by atoms with Gasteiger partial charge in [0.05, 0.1) is 0 Å². The van der Waals surface area contributed by atoms with Crippen LogP contribution in [0, 0.1) is 0 Å². The van der Waals surface area contributed by atoms with Crippen molar-refractivity contribution in [3.05, 3.63) is 34.3 Å². The number of fused-ring (bicyclic) bond motifs is 3. The van der Waals surface area contributed by atoms with Crippen molar-refractivity contribution in [1.82, 2.24) is 10.2 Å². The maximum atomic E-state index is 6.12. The Bertz CT molecular complexity index is 516. The van der Waals surface area contributed by atoms with E-state index < -0.39 is 0 Å². The Morgan fingerprint density at radius 2 is 1.90 bits per heavy atom. The molecule has 0 radical (unpaired) electrons. The van der Waals surface area contributed by atoms with Gasteiger partial charge in [0.15, 0.2) is 0 Å². The molecule has 1 N–H and O–H groups in total. The smallest absolute Gasteiger partial charge is 0.0408 e. The van der Waals surface area contributed by atoms with Crippen molar-refractivity contribution in [1.29, 1.82) is 0 Å². The predicted octanol–water partition coefficient (Wildman–Crippen LogP) is 3.93. The van der Waals surface area contributed by atoms with Crippen LogP contribution in [0.1, 0.15) is 55.7 Å². The Labute approximate surface area is 132 Å². The minimum Gasteiger partial charge on any atom is -0.307 e. The number of nitrogens with zero attached hydrogens (tertiary/aromatic N) is 1. The summed E-state index contributed by atoms with van der Waals surface area (Å²) >= 11 is 6.12. The lowest BCUT2D eigenvalue weighted by Crippen LogP contribution is -2.54. The second-order valence-corrected chi connectivity index (χ2v) is 7.61. The number of benzene rings is 1. The number of hydrogen-bond donors (Lipinski definition) is 1. The summed E-state index contributed by atoms with van der Waals surface area (Å²) in [4.78, 5) is 2.64. The third-order valence-electron chi connectivity index (χ3n) is 5.96. The Morgan fingerprint density at radius 1 is 1.14 bits per heavy atom. The molecule has 0 aromatic heterocycles. The molecule has 1 aliphatic carbocycles. The average molecular weight is 305 g/mol. The monoisotopic (exact) mass is 304 g/mol. The van der Waals surface area contributed by atoms with Crippen molar-refractivity contribution in [3.63, 3.8) is 0 Å². The van der Waals surface area contributed by atoms with Crippen molar-refractivity contribution >= 4 is 11.6 Å². The van der Waals surface area contributed by atoms with Crippen molar-refractivity contribution in [2.45, 2.75) is 69.1 Å². The quantitative estimate of drug-likeness (QED) is 0.890. The van der Waals surface area contributed by atoms with Gasteiger partial charge in [-0.15, -0.1) is 0 Å². The normalized spacial score (nSPS) is 35.7. The number of aryl methyl sites for hydroxylation is 1. The molecule has 2 fully saturated rings. The van der Waals surface area contributed by atoms with E-state index in [1.165, 1.54) is 56.1 Å². The molecule has 3 heteroatoms. The molecule has 3 aliphatic rings. The van der Waals surface area contributed by atoms with Crippen LogP contribution < -0.4 is 5.32 Å². The van der Waals surface area contributed by atoms with Crippen LogP contribution in [-0.4, -0.2) is 30.1 Å². The second-order valence-electron chi connectivity index (χ2n) is 7.17. The molecule has 2 heterocycles. The first-order valence-electron chi connectivity index (χ1n) is 8.47. The first-order chi connectivity index (χ1) is 10.2. The summed E-state index contributed by atoms with van der Waals surface area (Å²) in [6.45, 7) is 0. The third kappa shape index (κ3) is 2.62. The van der Waals surface area contributed by atoms with Crippen molar-refractivity contribution in [2.75, 3.05) is 7.05 Å². The van der Waals surface area contributed by atoms with Crippen LogP contribution in [0.25, 0.3) is 0 Å². The van der Waals surface area contributed by atoms with E-state index in [-0.39, 0.29) is 0 Å². The Morgan fingerprint density at radius 3 is 2.67 bits per heavy atom. The fourth-order valence-corrected chi connectivity index (χ4v) is 4.99. The highest BCUT2D eigenvalue weighted by atomic mass is 35.5. The number of halogens is 1. The van der Waals surface area contributed by atoms with Gasteiger partial charge in [0.25, 0.3) is 0 Å². The molecule has 2 nitrogen and oxygen atoms in total. The predicted molar refractivity (Wildman–Crippen MR) is 87.9 cm³/mol. The standard InChI is InChI=1S/C18H25ClN2/c1-21-15-3-2-4-16(21)11-14(10-15)20-18-8-5-12-9-13(19)6-7-17(12)18/h6-7,9,14-16,18,20H,2-5,8,10-11H2,1H3. The minimum absolute atomic E-state index is 0.548. The molecule has 0 spiro atoms. The summed E-state index contributed by atoms with van der Waals surface area (Å²) in [6.07, 6.45) is 9.27. The van der Waals surface area contributed by atoms with Gasteiger partial charge < -0.3 is 10.2 Å². The molecule has 21 heavy (non-hydrogen) atoms. The van der Waals surface area contributed by atoms with E-state index in [2.05, 4.69) is 29.4 Å². The summed E-state index contributed by atoms with van der Waals surface area (Å²) in [7, 11) is 2.33. The molecule has 114 valence electrons. The highest BCUT2D eigenvalue weighted by Crippen LogP contribution is 2.37. The molecule has 1 aromatic rings. The van der Waals surface area contributed by atoms with E-state index in [1.54, 1.807) is 0 Å². The van der Waals surface area contributed by atoms with Crippen LogP contribution in [-0.2, 0) is 6.42 Å². The van der Waals surface area contributed by atoms with Crippen LogP contribution in [0.3, 0.4) is 0 Å². The van der Waals surface area contributed by atoms with E-state index in [9.17, 15) is 0 Å². The van der Waals surface area contributed by atoms with Gasteiger partial charge in [-0.05, 0) is 68.8 Å². The van der Waals surface area contributed by atoms with Gasteiger partial charge in [0.2, 0.25) is 0 Å². The average Bonchev–Trinajstić information content (AvgIpc) is 2.82. The number of hydrogen-bond acceptors (Lipinski definition) is 2. The van der Waals surface area contributed by atoms with E-state index in [4.69, 9.17) is 11.6 Å². The second kappa shape index (κ2) is 5.57. The van der Waals surface area contributed by atoms with Crippen LogP contribution in [0.15, 0.2) is 18.2 Å². The van der Waals surface area contributed by atoms with Crippen LogP contribution in [0.4, 0.5) is 0 Å². The summed E-state index contributed by atoms with van der Waals surface area (Å²) in [6, 6.07) is 9.29. The Kier molecular flexibility index (Phi) is 3.72. The molecule has 2 bridgehead atoms. The highest BCUT2D eigenvalue weighted by Gasteiger charge is 2.37. The fourth-order valence-electron chi connectivity index (χ4n) is 4.80. The van der Waals surface area contributed by atoms with Gasteiger partial charge in [0.1, 0.15) is 0 Å². The molecule has 0 saturated carbocycles. The first kappa shape index (κ1) is 14.0. The molecule has 3 atom stereocenters. The van der Waals surface area contributed by atoms with E-state index >= 15 is 0 Å². The van der Waals surface area contributed by atoms with Crippen LogP contribution in [0.2, 0.25) is 5.02 Å². The lowest BCUT2D eigenvalue weighted by Gasteiger charge is -2.47. The molecule has 0 amide bonds. The van der Waals surface area contributed by atoms with Crippen molar-refractivity contribution < 1.29 is 0 Å². The number of piperidine rings is 2. The van der Waals surface area contributed by atoms with Gasteiger partial charge in [-0.2, -0.15) is 0 Å². The maximum Gasteiger partial charge on any atom is 0.0408 e. The zero-order chi connectivity index (χ0) is 14.4. The molecular weight excluding hydrogens is 280 g/mol.